The molecule has 1 heterocycles. The van der Waals surface area contributed by atoms with E-state index in [1.54, 1.807) is 0 Å². The highest BCUT2D eigenvalue weighted by molar-refractivity contribution is 7.22. The number of anilines is 1. The first-order valence-corrected chi connectivity index (χ1v) is 5.77. The van der Waals surface area contributed by atoms with Crippen LogP contribution in [0.2, 0.25) is 0 Å². The highest BCUT2D eigenvalue weighted by atomic mass is 32.1. The number of fused-ring (bicyclic) bond motifs is 1. The van der Waals surface area contributed by atoms with Gasteiger partial charge in [0.25, 0.3) is 0 Å². The van der Waals surface area contributed by atoms with Crippen LogP contribution < -0.4 is 5.73 Å². The fraction of sp³-hybridized carbons (Fsp3) is 0.250. The molecule has 0 saturated carbocycles. The van der Waals surface area contributed by atoms with Crippen molar-refractivity contribution in [3.05, 3.63) is 23.8 Å². The molecule has 1 aromatic heterocycles. The average Bonchev–Trinajstić information content (AvgIpc) is 2.57. The molecule has 0 unspecified atom stereocenters. The number of nitrogen functional groups attached to an aromatic ring is 1. The zero-order chi connectivity index (χ0) is 11.5. The van der Waals surface area contributed by atoms with E-state index in [0.29, 0.717) is 11.7 Å². The van der Waals surface area contributed by atoms with Crippen LogP contribution in [0.4, 0.5) is 5.13 Å². The molecule has 0 bridgehead atoms. The molecule has 0 radical (unpaired) electrons. The summed E-state index contributed by atoms with van der Waals surface area (Å²) in [5, 5.41) is 0.615. The Kier molecular flexibility index (Phi) is 3.09. The third-order valence-corrected chi connectivity index (χ3v) is 3.13. The molecular formula is C12H13N3S. The van der Waals surface area contributed by atoms with Gasteiger partial charge in [-0.15, -0.1) is 6.42 Å². The van der Waals surface area contributed by atoms with E-state index in [9.17, 15) is 0 Å². The van der Waals surface area contributed by atoms with Gasteiger partial charge in [0.05, 0.1) is 16.8 Å². The Labute approximate surface area is 98.9 Å². The van der Waals surface area contributed by atoms with Gasteiger partial charge in [0.1, 0.15) is 0 Å². The van der Waals surface area contributed by atoms with Crippen molar-refractivity contribution in [3.8, 4) is 12.3 Å². The highest BCUT2D eigenvalue weighted by Gasteiger charge is 2.03. The van der Waals surface area contributed by atoms with Gasteiger partial charge >= 0.3 is 0 Å². The molecule has 2 N–H and O–H groups in total. The zero-order valence-corrected chi connectivity index (χ0v) is 9.92. The second-order valence-electron chi connectivity index (χ2n) is 3.73. The van der Waals surface area contributed by atoms with E-state index >= 15 is 0 Å². The summed E-state index contributed by atoms with van der Waals surface area (Å²) in [6.45, 7) is 1.50. The number of hydrogen-bond acceptors (Lipinski definition) is 4. The molecule has 0 saturated heterocycles. The fourth-order valence-corrected chi connectivity index (χ4v) is 2.41. The summed E-state index contributed by atoms with van der Waals surface area (Å²) >= 11 is 1.51. The molecule has 4 heteroatoms. The van der Waals surface area contributed by atoms with Gasteiger partial charge in [-0.25, -0.2) is 4.98 Å². The first-order chi connectivity index (χ1) is 7.69. The van der Waals surface area contributed by atoms with Crippen molar-refractivity contribution < 1.29 is 0 Å². The van der Waals surface area contributed by atoms with Crippen LogP contribution in [0.5, 0.6) is 0 Å². The second kappa shape index (κ2) is 4.52. The minimum atomic E-state index is 0.615. The summed E-state index contributed by atoms with van der Waals surface area (Å²) in [5.41, 5.74) is 7.85. The molecule has 16 heavy (non-hydrogen) atoms. The zero-order valence-electron chi connectivity index (χ0n) is 9.10. The van der Waals surface area contributed by atoms with Crippen LogP contribution in [-0.4, -0.2) is 23.5 Å². The molecular weight excluding hydrogens is 218 g/mol. The molecule has 0 amide bonds. The average molecular weight is 231 g/mol. The number of nitrogens with two attached hydrogens (primary N) is 1. The minimum absolute atomic E-state index is 0.615. The van der Waals surface area contributed by atoms with Crippen molar-refractivity contribution in [1.82, 2.24) is 9.88 Å². The molecule has 0 aliphatic rings. The molecule has 2 rings (SSSR count). The second-order valence-corrected chi connectivity index (χ2v) is 4.79. The molecule has 82 valence electrons. The number of rotatable bonds is 3. The van der Waals surface area contributed by atoms with Crippen LogP contribution in [0, 0.1) is 12.3 Å². The van der Waals surface area contributed by atoms with Crippen LogP contribution in [0.1, 0.15) is 5.56 Å². The first-order valence-electron chi connectivity index (χ1n) is 4.96. The topological polar surface area (TPSA) is 42.2 Å². The van der Waals surface area contributed by atoms with Gasteiger partial charge in [0.15, 0.2) is 5.13 Å². The van der Waals surface area contributed by atoms with Gasteiger partial charge in [-0.3, -0.25) is 4.90 Å². The summed E-state index contributed by atoms with van der Waals surface area (Å²) in [7, 11) is 2.01. The Bertz CT molecular complexity index is 539. The van der Waals surface area contributed by atoms with Crippen molar-refractivity contribution in [1.29, 1.82) is 0 Å². The lowest BCUT2D eigenvalue weighted by atomic mass is 10.2. The summed E-state index contributed by atoms with van der Waals surface area (Å²) in [6.07, 6.45) is 5.26. The molecule has 0 fully saturated rings. The van der Waals surface area contributed by atoms with E-state index in [0.717, 1.165) is 16.8 Å². The summed E-state index contributed by atoms with van der Waals surface area (Å²) in [6, 6.07) is 6.19. The normalized spacial score (nSPS) is 10.8. The van der Waals surface area contributed by atoms with Gasteiger partial charge < -0.3 is 5.73 Å². The lowest BCUT2D eigenvalue weighted by Gasteiger charge is -2.12. The van der Waals surface area contributed by atoms with Crippen molar-refractivity contribution in [2.45, 2.75) is 6.54 Å². The van der Waals surface area contributed by atoms with Crippen molar-refractivity contribution >= 4 is 26.7 Å². The smallest absolute Gasteiger partial charge is 0.181 e. The number of nitrogens with zero attached hydrogens (tertiary/aromatic N) is 2. The Balaban J connectivity index is 2.22. The standard InChI is InChI=1S/C12H13N3S/c1-3-6-15(2)8-9-4-5-10-11(7-9)16-12(13)14-10/h1,4-5,7H,6,8H2,2H3,(H2,13,14). The fourth-order valence-electron chi connectivity index (χ4n) is 1.61. The molecule has 1 aromatic carbocycles. The monoisotopic (exact) mass is 231 g/mol. The molecule has 0 atom stereocenters. The number of benzene rings is 1. The van der Waals surface area contributed by atoms with Crippen LogP contribution in [-0.2, 0) is 6.54 Å². The van der Waals surface area contributed by atoms with E-state index in [1.807, 2.05) is 13.1 Å². The quantitative estimate of drug-likeness (QED) is 0.821. The van der Waals surface area contributed by atoms with Crippen molar-refractivity contribution in [2.24, 2.45) is 0 Å². The molecule has 2 aromatic rings. The SMILES string of the molecule is C#CCN(C)Cc1ccc2nc(N)sc2c1. The van der Waals surface area contributed by atoms with Crippen LogP contribution in [0.15, 0.2) is 18.2 Å². The first kappa shape index (κ1) is 10.9. The van der Waals surface area contributed by atoms with E-state index in [2.05, 4.69) is 27.9 Å². The number of terminal acetylenes is 1. The Hall–Kier alpha value is -1.57. The van der Waals surface area contributed by atoms with E-state index in [1.165, 1.54) is 16.9 Å². The maximum absolute atomic E-state index is 5.66. The summed E-state index contributed by atoms with van der Waals surface area (Å²) < 4.78 is 1.13. The predicted molar refractivity (Wildman–Crippen MR) is 69.2 cm³/mol. The van der Waals surface area contributed by atoms with E-state index in [4.69, 9.17) is 12.2 Å². The Morgan fingerprint density at radius 3 is 3.12 bits per heavy atom. The third-order valence-electron chi connectivity index (χ3n) is 2.28. The Morgan fingerprint density at radius 1 is 1.56 bits per heavy atom. The maximum Gasteiger partial charge on any atom is 0.181 e. The number of aromatic nitrogens is 1. The minimum Gasteiger partial charge on any atom is -0.375 e. The summed E-state index contributed by atoms with van der Waals surface area (Å²) in [5.74, 6) is 2.63. The van der Waals surface area contributed by atoms with E-state index in [-0.39, 0.29) is 0 Å². The van der Waals surface area contributed by atoms with Gasteiger partial charge in [-0.2, -0.15) is 0 Å². The van der Waals surface area contributed by atoms with Crippen molar-refractivity contribution in [2.75, 3.05) is 19.3 Å². The van der Waals surface area contributed by atoms with Crippen LogP contribution >= 0.6 is 11.3 Å². The lowest BCUT2D eigenvalue weighted by molar-refractivity contribution is 0.369. The van der Waals surface area contributed by atoms with Crippen LogP contribution in [0.3, 0.4) is 0 Å². The van der Waals surface area contributed by atoms with E-state index < -0.39 is 0 Å². The highest BCUT2D eigenvalue weighted by Crippen LogP contribution is 2.24. The molecule has 0 aliphatic heterocycles. The summed E-state index contributed by atoms with van der Waals surface area (Å²) in [4.78, 5) is 6.31. The van der Waals surface area contributed by atoms with Gasteiger partial charge in [-0.1, -0.05) is 23.3 Å². The van der Waals surface area contributed by atoms with Gasteiger partial charge in [-0.05, 0) is 24.7 Å². The maximum atomic E-state index is 5.66. The largest absolute Gasteiger partial charge is 0.375 e. The number of hydrogen-bond donors (Lipinski definition) is 1. The third kappa shape index (κ3) is 2.32. The van der Waals surface area contributed by atoms with Crippen LogP contribution in [0.25, 0.3) is 10.2 Å². The number of thiazole rings is 1. The van der Waals surface area contributed by atoms with Gasteiger partial charge in [0.2, 0.25) is 0 Å². The molecule has 3 nitrogen and oxygen atoms in total. The van der Waals surface area contributed by atoms with Crippen molar-refractivity contribution in [3.63, 3.8) is 0 Å². The molecule has 0 aliphatic carbocycles. The Morgan fingerprint density at radius 2 is 2.38 bits per heavy atom. The lowest BCUT2D eigenvalue weighted by Crippen LogP contribution is -2.17. The molecule has 0 spiro atoms. The van der Waals surface area contributed by atoms with Gasteiger partial charge in [0, 0.05) is 6.54 Å². The predicted octanol–water partition coefficient (Wildman–Crippen LogP) is 1.94.